The molecular weight excluding hydrogens is 412 g/mol. The normalized spacial score (nSPS) is 13.3. The predicted molar refractivity (Wildman–Crippen MR) is 123 cm³/mol. The topological polar surface area (TPSA) is 90.5 Å². The van der Waals surface area contributed by atoms with Gasteiger partial charge in [0, 0.05) is 17.9 Å². The van der Waals surface area contributed by atoms with Gasteiger partial charge in [-0.05, 0) is 48.7 Å². The molecule has 0 amide bonds. The Morgan fingerprint density at radius 3 is 2.71 bits per heavy atom. The molecule has 156 valence electrons. The number of aryl methyl sites for hydroxylation is 1. The Kier molecular flexibility index (Phi) is 4.71. The molecule has 0 spiro atoms. The van der Waals surface area contributed by atoms with Crippen molar-refractivity contribution in [1.29, 1.82) is 0 Å². The maximum absolute atomic E-state index is 13.0. The molecule has 4 aromatic rings. The maximum atomic E-state index is 13.0. The third-order valence-corrected chi connectivity index (χ3v) is 6.48. The van der Waals surface area contributed by atoms with Crippen LogP contribution in [-0.2, 0) is 11.2 Å². The van der Waals surface area contributed by atoms with Crippen LogP contribution in [0, 0.1) is 0 Å². The molecule has 0 unspecified atom stereocenters. The molecule has 0 radical (unpaired) electrons. The fourth-order valence-corrected chi connectivity index (χ4v) is 4.97. The Labute approximate surface area is 182 Å². The number of ether oxygens (including phenoxy) is 1. The van der Waals surface area contributed by atoms with Gasteiger partial charge in [0.15, 0.2) is 5.82 Å². The van der Waals surface area contributed by atoms with Gasteiger partial charge in [0.2, 0.25) is 0 Å². The number of anilines is 3. The molecule has 0 saturated carbocycles. The van der Waals surface area contributed by atoms with Crippen LogP contribution in [0.1, 0.15) is 21.7 Å². The second kappa shape index (κ2) is 7.55. The number of hydrogen-bond acceptors (Lipinski definition) is 7. The van der Waals surface area contributed by atoms with Crippen molar-refractivity contribution >= 4 is 44.8 Å². The Balaban J connectivity index is 1.71. The molecule has 0 atom stereocenters. The standard InChI is InChI=1S/C23H20N4O3S/c1-30-23(29)19-13-18-21(31-19)25-20(24)22(28)27(18)16-10-9-14-6-5-11-26(17(14)12-16)15-7-3-2-4-8-15/h2-4,7-10,12-13H,5-6,11H2,1H3,(H2,24,25). The smallest absolute Gasteiger partial charge is 0.348 e. The van der Waals surface area contributed by atoms with Gasteiger partial charge in [0.1, 0.15) is 9.71 Å². The number of hydrogen-bond donors (Lipinski definition) is 1. The van der Waals surface area contributed by atoms with Crippen LogP contribution in [0.15, 0.2) is 59.4 Å². The number of aromatic nitrogens is 2. The molecule has 1 aliphatic heterocycles. The third-order valence-electron chi connectivity index (χ3n) is 5.48. The van der Waals surface area contributed by atoms with Crippen molar-refractivity contribution in [2.75, 3.05) is 24.3 Å². The molecule has 5 rings (SSSR count). The van der Waals surface area contributed by atoms with E-state index >= 15 is 0 Å². The number of thiophene rings is 1. The average Bonchev–Trinajstić information content (AvgIpc) is 3.22. The number of para-hydroxylation sites is 1. The molecule has 0 aliphatic carbocycles. The summed E-state index contributed by atoms with van der Waals surface area (Å²) in [6.07, 6.45) is 2.04. The van der Waals surface area contributed by atoms with Gasteiger partial charge < -0.3 is 15.4 Å². The fraction of sp³-hybridized carbons (Fsp3) is 0.174. The summed E-state index contributed by atoms with van der Waals surface area (Å²) < 4.78 is 6.35. The minimum atomic E-state index is -0.471. The van der Waals surface area contributed by atoms with Gasteiger partial charge >= 0.3 is 5.97 Å². The first-order valence-corrected chi connectivity index (χ1v) is 10.7. The zero-order valence-corrected chi connectivity index (χ0v) is 17.7. The van der Waals surface area contributed by atoms with E-state index in [1.807, 2.05) is 30.3 Å². The minimum absolute atomic E-state index is 0.108. The zero-order chi connectivity index (χ0) is 21.5. The van der Waals surface area contributed by atoms with E-state index in [0.29, 0.717) is 20.9 Å². The minimum Gasteiger partial charge on any atom is -0.465 e. The first-order chi connectivity index (χ1) is 15.1. The number of methoxy groups -OCH3 is 1. The van der Waals surface area contributed by atoms with Crippen molar-refractivity contribution in [2.45, 2.75) is 12.8 Å². The Morgan fingerprint density at radius 2 is 1.94 bits per heavy atom. The lowest BCUT2D eigenvalue weighted by molar-refractivity contribution is 0.0606. The second-order valence-electron chi connectivity index (χ2n) is 7.33. The van der Waals surface area contributed by atoms with E-state index in [1.165, 1.54) is 17.2 Å². The average molecular weight is 433 g/mol. The van der Waals surface area contributed by atoms with Crippen LogP contribution in [0.2, 0.25) is 0 Å². The lowest BCUT2D eigenvalue weighted by atomic mass is 10.00. The van der Waals surface area contributed by atoms with E-state index in [4.69, 9.17) is 10.5 Å². The molecule has 2 aromatic carbocycles. The summed E-state index contributed by atoms with van der Waals surface area (Å²) in [5.41, 5.74) is 10.1. The molecule has 1 aliphatic rings. The van der Waals surface area contributed by atoms with Gasteiger partial charge in [-0.15, -0.1) is 11.3 Å². The lowest BCUT2D eigenvalue weighted by Gasteiger charge is -2.32. The van der Waals surface area contributed by atoms with Crippen LogP contribution in [-0.4, -0.2) is 29.2 Å². The van der Waals surface area contributed by atoms with Crippen molar-refractivity contribution in [3.8, 4) is 5.69 Å². The summed E-state index contributed by atoms with van der Waals surface area (Å²) in [7, 11) is 1.32. The van der Waals surface area contributed by atoms with Gasteiger partial charge in [-0.3, -0.25) is 9.36 Å². The molecule has 2 aromatic heterocycles. The van der Waals surface area contributed by atoms with Gasteiger partial charge in [-0.25, -0.2) is 9.78 Å². The van der Waals surface area contributed by atoms with Crippen LogP contribution in [0.25, 0.3) is 16.0 Å². The highest BCUT2D eigenvalue weighted by Crippen LogP contribution is 2.35. The van der Waals surface area contributed by atoms with Crippen molar-refractivity contribution in [2.24, 2.45) is 0 Å². The number of fused-ring (bicyclic) bond motifs is 2. The fourth-order valence-electron chi connectivity index (χ4n) is 4.03. The molecule has 31 heavy (non-hydrogen) atoms. The monoisotopic (exact) mass is 432 g/mol. The van der Waals surface area contributed by atoms with E-state index < -0.39 is 11.5 Å². The van der Waals surface area contributed by atoms with E-state index in [9.17, 15) is 9.59 Å². The van der Waals surface area contributed by atoms with Crippen LogP contribution >= 0.6 is 11.3 Å². The largest absolute Gasteiger partial charge is 0.465 e. The predicted octanol–water partition coefficient (Wildman–Crippen LogP) is 3.90. The number of carbonyl (C=O) groups is 1. The summed E-state index contributed by atoms with van der Waals surface area (Å²) in [6, 6.07) is 17.8. The highest BCUT2D eigenvalue weighted by molar-refractivity contribution is 7.20. The summed E-state index contributed by atoms with van der Waals surface area (Å²) in [5.74, 6) is -0.579. The van der Waals surface area contributed by atoms with Crippen molar-refractivity contribution < 1.29 is 9.53 Å². The lowest BCUT2D eigenvalue weighted by Crippen LogP contribution is -2.26. The molecular formula is C23H20N4O3S. The third kappa shape index (κ3) is 3.25. The molecule has 0 bridgehead atoms. The molecule has 3 heterocycles. The number of nitrogens with zero attached hydrogens (tertiary/aromatic N) is 3. The Bertz CT molecular complexity index is 1360. The number of nitrogens with two attached hydrogens (primary N) is 1. The molecule has 2 N–H and O–H groups in total. The molecule has 0 fully saturated rings. The number of benzene rings is 2. The summed E-state index contributed by atoms with van der Waals surface area (Å²) >= 11 is 1.15. The SMILES string of the molecule is COC(=O)c1cc2c(nc(N)c(=O)n2-c2ccc3c(c2)N(c2ccccc2)CCC3)s1. The quantitative estimate of drug-likeness (QED) is 0.494. The van der Waals surface area contributed by atoms with Crippen molar-refractivity contribution in [1.82, 2.24) is 9.55 Å². The highest BCUT2D eigenvalue weighted by atomic mass is 32.1. The van der Waals surface area contributed by atoms with Gasteiger partial charge in [0.25, 0.3) is 5.56 Å². The van der Waals surface area contributed by atoms with E-state index in [0.717, 1.165) is 42.1 Å². The number of rotatable bonds is 3. The van der Waals surface area contributed by atoms with Crippen molar-refractivity contribution in [3.05, 3.63) is 75.4 Å². The molecule has 7 nitrogen and oxygen atoms in total. The summed E-state index contributed by atoms with van der Waals surface area (Å²) in [5, 5.41) is 0. The first kappa shape index (κ1) is 19.3. The first-order valence-electron chi connectivity index (χ1n) is 9.93. The summed E-state index contributed by atoms with van der Waals surface area (Å²) in [4.78, 5) is 32.4. The molecule has 0 saturated heterocycles. The van der Waals surface area contributed by atoms with Crippen molar-refractivity contribution in [3.63, 3.8) is 0 Å². The Hall–Kier alpha value is -3.65. The van der Waals surface area contributed by atoms with Gasteiger partial charge in [0.05, 0.1) is 18.3 Å². The maximum Gasteiger partial charge on any atom is 0.348 e. The van der Waals surface area contributed by atoms with Crippen LogP contribution in [0.5, 0.6) is 0 Å². The van der Waals surface area contributed by atoms with Gasteiger partial charge in [-0.2, -0.15) is 0 Å². The molecule has 8 heteroatoms. The van der Waals surface area contributed by atoms with E-state index in [-0.39, 0.29) is 5.82 Å². The van der Waals surface area contributed by atoms with Gasteiger partial charge in [-0.1, -0.05) is 24.3 Å². The van der Waals surface area contributed by atoms with E-state index in [2.05, 4.69) is 28.1 Å². The van der Waals surface area contributed by atoms with E-state index in [1.54, 1.807) is 6.07 Å². The summed E-state index contributed by atoms with van der Waals surface area (Å²) in [6.45, 7) is 0.897. The van der Waals surface area contributed by atoms with Crippen LogP contribution in [0.3, 0.4) is 0 Å². The zero-order valence-electron chi connectivity index (χ0n) is 16.9. The number of carbonyl (C=O) groups excluding carboxylic acids is 1. The number of nitrogen functional groups attached to an aromatic ring is 1. The highest BCUT2D eigenvalue weighted by Gasteiger charge is 2.22. The van der Waals surface area contributed by atoms with Crippen LogP contribution in [0.4, 0.5) is 17.2 Å². The van der Waals surface area contributed by atoms with Crippen LogP contribution < -0.4 is 16.2 Å². The second-order valence-corrected chi connectivity index (χ2v) is 8.36. The Morgan fingerprint density at radius 1 is 1.13 bits per heavy atom. The number of esters is 1.